The zero-order valence-electron chi connectivity index (χ0n) is 23.8. The first-order valence-corrected chi connectivity index (χ1v) is 15.3. The normalized spacial score (nSPS) is 14.3. The Morgan fingerprint density at radius 1 is 0.789 bits per heavy atom. The molecular formula is C29H47N3O5S. The minimum absolute atomic E-state index is 0.185. The average Bonchev–Trinajstić information content (AvgIpc) is 2.85. The number of carbonyl (C=O) groups excluding carboxylic acids is 3. The molecule has 0 spiro atoms. The molecule has 0 aliphatic carbocycles. The van der Waals surface area contributed by atoms with E-state index >= 15 is 0 Å². The minimum atomic E-state index is -3.65. The summed E-state index contributed by atoms with van der Waals surface area (Å²) in [5.74, 6) is -0.385. The maximum atomic E-state index is 13.4. The fourth-order valence-corrected chi connectivity index (χ4v) is 4.96. The van der Waals surface area contributed by atoms with Crippen molar-refractivity contribution in [1.29, 1.82) is 0 Å². The van der Waals surface area contributed by atoms with Gasteiger partial charge in [0.2, 0.25) is 17.7 Å². The van der Waals surface area contributed by atoms with Crippen LogP contribution < -0.4 is 16.0 Å². The van der Waals surface area contributed by atoms with Crippen molar-refractivity contribution in [3.63, 3.8) is 0 Å². The van der Waals surface area contributed by atoms with Crippen LogP contribution in [0.3, 0.4) is 0 Å². The fourth-order valence-electron chi connectivity index (χ4n) is 3.87. The minimum Gasteiger partial charge on any atom is -0.348 e. The molecule has 0 unspecified atom stereocenters. The van der Waals surface area contributed by atoms with E-state index in [-0.39, 0.29) is 16.7 Å². The van der Waals surface area contributed by atoms with E-state index in [1.807, 2.05) is 34.6 Å². The summed E-state index contributed by atoms with van der Waals surface area (Å²) in [7, 11) is -3.65. The van der Waals surface area contributed by atoms with Crippen molar-refractivity contribution in [1.82, 2.24) is 16.0 Å². The topological polar surface area (TPSA) is 121 Å². The van der Waals surface area contributed by atoms with Crippen LogP contribution in [0.25, 0.3) is 0 Å². The summed E-state index contributed by atoms with van der Waals surface area (Å²) in [6, 6.07) is 6.09. The van der Waals surface area contributed by atoms with Crippen LogP contribution in [-0.4, -0.2) is 44.3 Å². The molecule has 9 heteroatoms. The molecular weight excluding hydrogens is 502 g/mol. The molecule has 1 aromatic carbocycles. The number of hydrogen-bond donors (Lipinski definition) is 3. The highest BCUT2D eigenvalue weighted by Crippen LogP contribution is 2.14. The standard InChI is InChI=1S/C29H47N3O5S/c1-7-8-12-24(19-20-38(36,37)25-13-10-9-11-14-25)31-28(34)27(18-16-22(4)5)32-29(35)26(30-23(6)33)17-15-21(2)3/h9-11,13-14,19-22,24,26-27H,7-8,12,15-18H2,1-6H3,(H,30,33)(H,31,34)(H,32,35)/b20-19+/t24-,26-,27-/m0/s1. The highest BCUT2D eigenvalue weighted by Gasteiger charge is 2.27. The van der Waals surface area contributed by atoms with Gasteiger partial charge in [-0.25, -0.2) is 8.42 Å². The van der Waals surface area contributed by atoms with Crippen LogP contribution in [0, 0.1) is 11.8 Å². The molecule has 0 aromatic heterocycles. The van der Waals surface area contributed by atoms with Gasteiger partial charge >= 0.3 is 0 Å². The fraction of sp³-hybridized carbons (Fsp3) is 0.621. The lowest BCUT2D eigenvalue weighted by Gasteiger charge is -2.25. The van der Waals surface area contributed by atoms with Gasteiger partial charge in [0.1, 0.15) is 12.1 Å². The Labute approximate surface area is 229 Å². The second-order valence-corrected chi connectivity index (χ2v) is 12.5. The van der Waals surface area contributed by atoms with Crippen LogP contribution in [0.2, 0.25) is 0 Å². The maximum absolute atomic E-state index is 13.4. The van der Waals surface area contributed by atoms with Gasteiger partial charge in [-0.3, -0.25) is 14.4 Å². The Hall–Kier alpha value is -2.68. The highest BCUT2D eigenvalue weighted by molar-refractivity contribution is 7.94. The summed E-state index contributed by atoms with van der Waals surface area (Å²) in [5, 5.41) is 9.64. The van der Waals surface area contributed by atoms with Crippen LogP contribution >= 0.6 is 0 Å². The van der Waals surface area contributed by atoms with Crippen molar-refractivity contribution in [2.75, 3.05) is 0 Å². The number of amides is 3. The Bertz CT molecular complexity index is 1010. The van der Waals surface area contributed by atoms with Crippen LogP contribution in [0.5, 0.6) is 0 Å². The van der Waals surface area contributed by atoms with E-state index in [2.05, 4.69) is 16.0 Å². The third-order valence-corrected chi connectivity index (χ3v) is 7.60. The monoisotopic (exact) mass is 549 g/mol. The smallest absolute Gasteiger partial charge is 0.243 e. The molecule has 38 heavy (non-hydrogen) atoms. The summed E-state index contributed by atoms with van der Waals surface area (Å²) in [6.07, 6.45) is 6.13. The molecule has 3 N–H and O–H groups in total. The molecule has 0 bridgehead atoms. The molecule has 1 rings (SSSR count). The molecule has 0 saturated heterocycles. The van der Waals surface area contributed by atoms with Crippen molar-refractivity contribution >= 4 is 27.6 Å². The first-order chi connectivity index (χ1) is 17.9. The third-order valence-electron chi connectivity index (χ3n) is 6.15. The third kappa shape index (κ3) is 13.2. The SMILES string of the molecule is CCCC[C@@H](/C=C/S(=O)(=O)c1ccccc1)NC(=O)[C@H](CCC(C)C)NC(=O)[C@H](CCC(C)C)NC(C)=O. The molecule has 214 valence electrons. The van der Waals surface area contributed by atoms with Crippen molar-refractivity contribution < 1.29 is 22.8 Å². The lowest BCUT2D eigenvalue weighted by molar-refractivity contribution is -0.132. The Balaban J connectivity index is 3.08. The van der Waals surface area contributed by atoms with E-state index < -0.39 is 33.9 Å². The van der Waals surface area contributed by atoms with Crippen molar-refractivity contribution in [3.05, 3.63) is 41.8 Å². The molecule has 3 atom stereocenters. The summed E-state index contributed by atoms with van der Waals surface area (Å²) in [6.45, 7) is 11.6. The lowest BCUT2D eigenvalue weighted by Crippen LogP contribution is -2.54. The average molecular weight is 550 g/mol. The predicted molar refractivity (Wildman–Crippen MR) is 152 cm³/mol. The predicted octanol–water partition coefficient (Wildman–Crippen LogP) is 4.51. The van der Waals surface area contributed by atoms with Gasteiger partial charge in [-0.15, -0.1) is 0 Å². The number of nitrogens with one attached hydrogen (secondary N) is 3. The van der Waals surface area contributed by atoms with Gasteiger partial charge in [-0.1, -0.05) is 71.7 Å². The molecule has 0 heterocycles. The van der Waals surface area contributed by atoms with Gasteiger partial charge < -0.3 is 16.0 Å². The van der Waals surface area contributed by atoms with E-state index in [1.54, 1.807) is 18.2 Å². The number of carbonyl (C=O) groups is 3. The van der Waals surface area contributed by atoms with E-state index in [4.69, 9.17) is 0 Å². The van der Waals surface area contributed by atoms with Crippen molar-refractivity contribution in [2.45, 2.75) is 110 Å². The molecule has 0 fully saturated rings. The van der Waals surface area contributed by atoms with Gasteiger partial charge in [-0.05, 0) is 56.1 Å². The second-order valence-electron chi connectivity index (χ2n) is 10.7. The Kier molecular flexibility index (Phi) is 14.9. The van der Waals surface area contributed by atoms with Crippen molar-refractivity contribution in [2.24, 2.45) is 11.8 Å². The number of sulfone groups is 1. The maximum Gasteiger partial charge on any atom is 0.243 e. The van der Waals surface area contributed by atoms with Crippen LogP contribution in [-0.2, 0) is 24.2 Å². The van der Waals surface area contributed by atoms with E-state index in [1.165, 1.54) is 25.1 Å². The summed E-state index contributed by atoms with van der Waals surface area (Å²) < 4.78 is 25.5. The number of hydrogen-bond acceptors (Lipinski definition) is 5. The molecule has 3 amide bonds. The number of rotatable bonds is 17. The number of unbranched alkanes of at least 4 members (excludes halogenated alkanes) is 1. The van der Waals surface area contributed by atoms with E-state index in [9.17, 15) is 22.8 Å². The van der Waals surface area contributed by atoms with Gasteiger partial charge in [0.05, 0.1) is 4.90 Å². The zero-order valence-corrected chi connectivity index (χ0v) is 24.6. The number of benzene rings is 1. The summed E-state index contributed by atoms with van der Waals surface area (Å²) in [5.41, 5.74) is 0. The lowest BCUT2D eigenvalue weighted by atomic mass is 10.00. The van der Waals surface area contributed by atoms with Gasteiger partial charge in [0.15, 0.2) is 9.84 Å². The molecule has 8 nitrogen and oxygen atoms in total. The van der Waals surface area contributed by atoms with Gasteiger partial charge in [-0.2, -0.15) is 0 Å². The second kappa shape index (κ2) is 17.0. The molecule has 0 aliphatic rings. The first-order valence-electron chi connectivity index (χ1n) is 13.7. The summed E-state index contributed by atoms with van der Waals surface area (Å²) >= 11 is 0. The van der Waals surface area contributed by atoms with Crippen molar-refractivity contribution in [3.8, 4) is 0 Å². The quantitative estimate of drug-likeness (QED) is 0.264. The molecule has 0 saturated carbocycles. The Morgan fingerprint density at radius 2 is 1.32 bits per heavy atom. The van der Waals surface area contributed by atoms with E-state index in [0.717, 1.165) is 24.7 Å². The largest absolute Gasteiger partial charge is 0.348 e. The van der Waals surface area contributed by atoms with Crippen LogP contribution in [0.15, 0.2) is 46.7 Å². The molecule has 1 aromatic rings. The molecule has 0 radical (unpaired) electrons. The first kappa shape index (κ1) is 33.3. The highest BCUT2D eigenvalue weighted by atomic mass is 32.2. The zero-order chi connectivity index (χ0) is 28.7. The summed E-state index contributed by atoms with van der Waals surface area (Å²) in [4.78, 5) is 38.4. The Morgan fingerprint density at radius 3 is 1.82 bits per heavy atom. The van der Waals surface area contributed by atoms with Gasteiger partial charge in [0.25, 0.3) is 0 Å². The van der Waals surface area contributed by atoms with E-state index in [0.29, 0.717) is 37.5 Å². The van der Waals surface area contributed by atoms with Gasteiger partial charge in [0, 0.05) is 18.4 Å². The van der Waals surface area contributed by atoms with Crippen LogP contribution in [0.4, 0.5) is 0 Å². The van der Waals surface area contributed by atoms with Crippen LogP contribution in [0.1, 0.15) is 86.5 Å². The molecule has 0 aliphatic heterocycles.